The van der Waals surface area contributed by atoms with Crippen molar-refractivity contribution in [2.75, 3.05) is 0 Å². The predicted molar refractivity (Wildman–Crippen MR) is 47.2 cm³/mol. The molecule has 1 rings (SSSR count). The van der Waals surface area contributed by atoms with Crippen LogP contribution in [0.3, 0.4) is 0 Å². The van der Waals surface area contributed by atoms with Crippen molar-refractivity contribution in [3.63, 3.8) is 0 Å². The molecule has 1 aromatic carbocycles. The first-order valence-electron chi connectivity index (χ1n) is 3.82. The second kappa shape index (κ2) is 4.06. The smallest absolute Gasteiger partial charge is 0.307 e. The minimum Gasteiger partial charge on any atom is -0.481 e. The third-order valence-corrected chi connectivity index (χ3v) is 1.70. The molecule has 0 fully saturated rings. The summed E-state index contributed by atoms with van der Waals surface area (Å²) in [6.45, 7) is 0. The number of nitriles is 2. The van der Waals surface area contributed by atoms with Crippen molar-refractivity contribution in [1.29, 1.82) is 10.5 Å². The molecule has 0 aromatic heterocycles. The van der Waals surface area contributed by atoms with Gasteiger partial charge in [-0.1, -0.05) is 6.07 Å². The number of carboxylic acid groups (broad SMARTS) is 1. The fraction of sp³-hybridized carbons (Fsp3) is 0.100. The van der Waals surface area contributed by atoms with Gasteiger partial charge >= 0.3 is 5.97 Å². The largest absolute Gasteiger partial charge is 0.481 e. The third kappa shape index (κ3) is 2.09. The zero-order valence-corrected chi connectivity index (χ0v) is 7.19. The summed E-state index contributed by atoms with van der Waals surface area (Å²) < 4.78 is 0. The van der Waals surface area contributed by atoms with Crippen LogP contribution in [0, 0.1) is 22.7 Å². The molecule has 14 heavy (non-hydrogen) atoms. The van der Waals surface area contributed by atoms with E-state index < -0.39 is 5.97 Å². The summed E-state index contributed by atoms with van der Waals surface area (Å²) in [4.78, 5) is 10.4. The summed E-state index contributed by atoms with van der Waals surface area (Å²) in [5, 5.41) is 25.8. The molecule has 1 N–H and O–H groups in total. The summed E-state index contributed by atoms with van der Waals surface area (Å²) >= 11 is 0. The number of hydrogen-bond donors (Lipinski definition) is 1. The van der Waals surface area contributed by atoms with Crippen molar-refractivity contribution in [2.24, 2.45) is 0 Å². The number of benzene rings is 1. The second-order valence-corrected chi connectivity index (χ2v) is 2.67. The Kier molecular flexibility index (Phi) is 2.83. The molecule has 0 radical (unpaired) electrons. The molecular formula is C10H6N2O2. The highest BCUT2D eigenvalue weighted by Gasteiger charge is 2.06. The van der Waals surface area contributed by atoms with E-state index in [-0.39, 0.29) is 12.0 Å². The molecule has 0 heterocycles. The minimum atomic E-state index is -0.994. The minimum absolute atomic E-state index is 0.200. The van der Waals surface area contributed by atoms with E-state index in [2.05, 4.69) is 0 Å². The van der Waals surface area contributed by atoms with Gasteiger partial charge in [0, 0.05) is 0 Å². The van der Waals surface area contributed by atoms with Crippen LogP contribution in [0.15, 0.2) is 18.2 Å². The Labute approximate surface area is 80.6 Å². The molecule has 1 aromatic rings. The van der Waals surface area contributed by atoms with Gasteiger partial charge in [0.25, 0.3) is 0 Å². The number of aliphatic carboxylic acids is 1. The van der Waals surface area contributed by atoms with Crippen LogP contribution in [0.25, 0.3) is 0 Å². The highest BCUT2D eigenvalue weighted by atomic mass is 16.4. The van der Waals surface area contributed by atoms with E-state index in [1.54, 1.807) is 0 Å². The summed E-state index contributed by atoms with van der Waals surface area (Å²) in [6.07, 6.45) is -0.200. The van der Waals surface area contributed by atoms with Crippen molar-refractivity contribution in [2.45, 2.75) is 6.42 Å². The van der Waals surface area contributed by atoms with E-state index in [0.29, 0.717) is 11.1 Å². The Morgan fingerprint density at radius 3 is 2.57 bits per heavy atom. The van der Waals surface area contributed by atoms with Crippen LogP contribution in [-0.2, 0) is 11.2 Å². The lowest BCUT2D eigenvalue weighted by Crippen LogP contribution is -2.02. The van der Waals surface area contributed by atoms with E-state index in [1.807, 2.05) is 12.1 Å². The van der Waals surface area contributed by atoms with Gasteiger partial charge in [0.05, 0.1) is 29.7 Å². The number of hydrogen-bond acceptors (Lipinski definition) is 3. The molecule has 0 aliphatic heterocycles. The predicted octanol–water partition coefficient (Wildman–Crippen LogP) is 1.06. The molecule has 0 aliphatic rings. The Hall–Kier alpha value is -2.33. The van der Waals surface area contributed by atoms with E-state index in [0.717, 1.165) is 0 Å². The van der Waals surface area contributed by atoms with Gasteiger partial charge in [0.2, 0.25) is 0 Å². The standard InChI is InChI=1S/C10H6N2O2/c11-5-7-1-2-8(4-10(13)14)9(3-7)6-12/h1-3H,4H2,(H,13,14). The van der Waals surface area contributed by atoms with Gasteiger partial charge in [-0.05, 0) is 17.7 Å². The average molecular weight is 186 g/mol. The lowest BCUT2D eigenvalue weighted by atomic mass is 10.0. The molecule has 0 unspecified atom stereocenters. The lowest BCUT2D eigenvalue weighted by Gasteiger charge is -1.99. The molecule has 0 saturated carbocycles. The summed E-state index contributed by atoms with van der Waals surface area (Å²) in [6, 6.07) is 8.12. The van der Waals surface area contributed by atoms with Crippen molar-refractivity contribution in [3.05, 3.63) is 34.9 Å². The monoisotopic (exact) mass is 186 g/mol. The highest BCUT2D eigenvalue weighted by Crippen LogP contribution is 2.11. The van der Waals surface area contributed by atoms with Crippen molar-refractivity contribution >= 4 is 5.97 Å². The molecule has 0 spiro atoms. The van der Waals surface area contributed by atoms with Crippen LogP contribution in [0.2, 0.25) is 0 Å². The van der Waals surface area contributed by atoms with Gasteiger partial charge < -0.3 is 5.11 Å². The van der Waals surface area contributed by atoms with Crippen LogP contribution in [0.5, 0.6) is 0 Å². The first kappa shape index (κ1) is 9.76. The van der Waals surface area contributed by atoms with Gasteiger partial charge in [-0.25, -0.2) is 0 Å². The highest BCUT2D eigenvalue weighted by molar-refractivity contribution is 5.71. The van der Waals surface area contributed by atoms with E-state index in [9.17, 15) is 4.79 Å². The quantitative estimate of drug-likeness (QED) is 0.748. The molecule has 0 amide bonds. The Morgan fingerprint density at radius 1 is 1.36 bits per heavy atom. The van der Waals surface area contributed by atoms with Crippen LogP contribution in [0.4, 0.5) is 0 Å². The first-order valence-corrected chi connectivity index (χ1v) is 3.82. The lowest BCUT2D eigenvalue weighted by molar-refractivity contribution is -0.136. The molecule has 4 heteroatoms. The van der Waals surface area contributed by atoms with Gasteiger partial charge in [-0.15, -0.1) is 0 Å². The molecular weight excluding hydrogens is 180 g/mol. The van der Waals surface area contributed by atoms with Crippen molar-refractivity contribution < 1.29 is 9.90 Å². The molecule has 0 saturated heterocycles. The number of carboxylic acids is 1. The van der Waals surface area contributed by atoms with Crippen LogP contribution in [-0.4, -0.2) is 11.1 Å². The normalized spacial score (nSPS) is 8.71. The second-order valence-electron chi connectivity index (χ2n) is 2.67. The Morgan fingerprint density at radius 2 is 2.07 bits per heavy atom. The Balaban J connectivity index is 3.15. The van der Waals surface area contributed by atoms with Gasteiger partial charge in [0.1, 0.15) is 0 Å². The van der Waals surface area contributed by atoms with E-state index in [1.165, 1.54) is 18.2 Å². The molecule has 68 valence electrons. The van der Waals surface area contributed by atoms with Crippen LogP contribution in [0.1, 0.15) is 16.7 Å². The third-order valence-electron chi connectivity index (χ3n) is 1.70. The van der Waals surface area contributed by atoms with Gasteiger partial charge in [-0.2, -0.15) is 10.5 Å². The maximum atomic E-state index is 10.4. The van der Waals surface area contributed by atoms with Crippen LogP contribution >= 0.6 is 0 Å². The number of rotatable bonds is 2. The zero-order chi connectivity index (χ0) is 10.6. The average Bonchev–Trinajstić information content (AvgIpc) is 2.17. The maximum Gasteiger partial charge on any atom is 0.307 e. The molecule has 0 atom stereocenters. The van der Waals surface area contributed by atoms with Crippen molar-refractivity contribution in [3.8, 4) is 12.1 Å². The van der Waals surface area contributed by atoms with Crippen molar-refractivity contribution in [1.82, 2.24) is 0 Å². The number of nitrogens with zero attached hydrogens (tertiary/aromatic N) is 2. The zero-order valence-electron chi connectivity index (χ0n) is 7.19. The topological polar surface area (TPSA) is 84.9 Å². The first-order chi connectivity index (χ1) is 6.67. The van der Waals surface area contributed by atoms with Gasteiger partial charge in [0.15, 0.2) is 0 Å². The van der Waals surface area contributed by atoms with E-state index >= 15 is 0 Å². The summed E-state index contributed by atoms with van der Waals surface area (Å²) in [5.41, 5.74) is 1.03. The molecule has 0 aliphatic carbocycles. The van der Waals surface area contributed by atoms with Gasteiger partial charge in [-0.3, -0.25) is 4.79 Å². The summed E-state index contributed by atoms with van der Waals surface area (Å²) in [7, 11) is 0. The fourth-order valence-corrected chi connectivity index (χ4v) is 1.07. The summed E-state index contributed by atoms with van der Waals surface area (Å²) in [5.74, 6) is -0.994. The maximum absolute atomic E-state index is 10.4. The van der Waals surface area contributed by atoms with E-state index in [4.69, 9.17) is 15.6 Å². The molecule has 4 nitrogen and oxygen atoms in total. The molecule has 0 bridgehead atoms. The SMILES string of the molecule is N#Cc1ccc(CC(=O)O)c(C#N)c1. The number of carbonyl (C=O) groups is 1. The fourth-order valence-electron chi connectivity index (χ4n) is 1.07. The Bertz CT molecular complexity index is 452. The van der Waals surface area contributed by atoms with Crippen LogP contribution < -0.4 is 0 Å².